The van der Waals surface area contributed by atoms with Crippen LogP contribution in [-0.4, -0.2) is 41.5 Å². The molecule has 1 aliphatic rings. The zero-order chi connectivity index (χ0) is 12.3. The Labute approximate surface area is 98.6 Å². The number of hydrogen-bond donors (Lipinski definition) is 2. The molecule has 0 saturated carbocycles. The first-order valence-electron chi connectivity index (χ1n) is 6.17. The number of likely N-dealkylation sites (tertiary alicyclic amines) is 1. The fourth-order valence-electron chi connectivity index (χ4n) is 1.86. The molecule has 1 amide bonds. The number of amides is 1. The van der Waals surface area contributed by atoms with Crippen molar-refractivity contribution in [3.05, 3.63) is 0 Å². The SMILES string of the molecule is CCC(C)(C)NC(=O)C(C)N1CCC(N)C1. The summed E-state index contributed by atoms with van der Waals surface area (Å²) in [5.74, 6) is 0.112. The van der Waals surface area contributed by atoms with Crippen LogP contribution in [0.4, 0.5) is 0 Å². The summed E-state index contributed by atoms with van der Waals surface area (Å²) >= 11 is 0. The molecule has 94 valence electrons. The molecule has 4 heteroatoms. The number of nitrogens with two attached hydrogens (primary N) is 1. The minimum Gasteiger partial charge on any atom is -0.350 e. The van der Waals surface area contributed by atoms with E-state index in [1.165, 1.54) is 0 Å². The summed E-state index contributed by atoms with van der Waals surface area (Å²) < 4.78 is 0. The molecule has 0 aliphatic carbocycles. The van der Waals surface area contributed by atoms with Gasteiger partial charge in [-0.1, -0.05) is 6.92 Å². The summed E-state index contributed by atoms with van der Waals surface area (Å²) in [5.41, 5.74) is 5.73. The molecule has 2 atom stereocenters. The third kappa shape index (κ3) is 3.46. The Bertz CT molecular complexity index is 253. The van der Waals surface area contributed by atoms with Crippen molar-refractivity contribution in [3.8, 4) is 0 Å². The minimum atomic E-state index is -0.118. The van der Waals surface area contributed by atoms with Crippen molar-refractivity contribution in [3.63, 3.8) is 0 Å². The fraction of sp³-hybridized carbons (Fsp3) is 0.917. The van der Waals surface area contributed by atoms with Gasteiger partial charge in [-0.2, -0.15) is 0 Å². The van der Waals surface area contributed by atoms with Crippen molar-refractivity contribution >= 4 is 5.91 Å². The van der Waals surface area contributed by atoms with E-state index in [1.807, 2.05) is 20.8 Å². The number of rotatable bonds is 4. The molecule has 3 N–H and O–H groups in total. The summed E-state index contributed by atoms with van der Waals surface area (Å²) in [7, 11) is 0. The lowest BCUT2D eigenvalue weighted by molar-refractivity contribution is -0.127. The number of nitrogens with zero attached hydrogens (tertiary/aromatic N) is 1. The molecule has 4 nitrogen and oxygen atoms in total. The summed E-state index contributed by atoms with van der Waals surface area (Å²) in [6.07, 6.45) is 1.93. The molecule has 1 fully saturated rings. The second-order valence-electron chi connectivity index (χ2n) is 5.45. The quantitative estimate of drug-likeness (QED) is 0.744. The topological polar surface area (TPSA) is 58.4 Å². The number of carbonyl (C=O) groups excluding carboxylic acids is 1. The average Bonchev–Trinajstić information content (AvgIpc) is 2.63. The molecule has 1 heterocycles. The van der Waals surface area contributed by atoms with E-state index in [4.69, 9.17) is 5.73 Å². The Balaban J connectivity index is 2.48. The molecule has 0 aromatic rings. The highest BCUT2D eigenvalue weighted by molar-refractivity contribution is 5.82. The van der Waals surface area contributed by atoms with Gasteiger partial charge < -0.3 is 11.1 Å². The van der Waals surface area contributed by atoms with E-state index in [-0.39, 0.29) is 23.5 Å². The molecule has 2 unspecified atom stereocenters. The highest BCUT2D eigenvalue weighted by Crippen LogP contribution is 2.13. The number of hydrogen-bond acceptors (Lipinski definition) is 3. The highest BCUT2D eigenvalue weighted by atomic mass is 16.2. The predicted molar refractivity (Wildman–Crippen MR) is 66.1 cm³/mol. The molecule has 1 rings (SSSR count). The Kier molecular flexibility index (Phi) is 4.33. The van der Waals surface area contributed by atoms with Gasteiger partial charge in [0.05, 0.1) is 6.04 Å². The third-order valence-electron chi connectivity index (χ3n) is 3.53. The van der Waals surface area contributed by atoms with Crippen LogP contribution in [0.15, 0.2) is 0 Å². The van der Waals surface area contributed by atoms with Crippen molar-refractivity contribution in [2.75, 3.05) is 13.1 Å². The molecule has 1 saturated heterocycles. The average molecular weight is 227 g/mol. The zero-order valence-corrected chi connectivity index (χ0v) is 10.9. The Morgan fingerprint density at radius 2 is 2.25 bits per heavy atom. The normalized spacial score (nSPS) is 24.4. The van der Waals surface area contributed by atoms with Crippen LogP contribution >= 0.6 is 0 Å². The molecule has 1 aliphatic heterocycles. The van der Waals surface area contributed by atoms with Gasteiger partial charge in [0.2, 0.25) is 5.91 Å². The molecule has 0 bridgehead atoms. The monoisotopic (exact) mass is 227 g/mol. The van der Waals surface area contributed by atoms with E-state index < -0.39 is 0 Å². The van der Waals surface area contributed by atoms with Gasteiger partial charge in [0.1, 0.15) is 0 Å². The van der Waals surface area contributed by atoms with Crippen LogP contribution in [0.1, 0.15) is 40.5 Å². The Morgan fingerprint density at radius 3 is 2.69 bits per heavy atom. The lowest BCUT2D eigenvalue weighted by Gasteiger charge is -2.30. The van der Waals surface area contributed by atoms with Crippen molar-refractivity contribution in [1.29, 1.82) is 0 Å². The standard InChI is InChI=1S/C12H25N3O/c1-5-12(3,4)14-11(16)9(2)15-7-6-10(13)8-15/h9-10H,5-8,13H2,1-4H3,(H,14,16). The van der Waals surface area contributed by atoms with Gasteiger partial charge in [-0.3, -0.25) is 9.69 Å². The van der Waals surface area contributed by atoms with E-state index in [2.05, 4.69) is 17.1 Å². The van der Waals surface area contributed by atoms with Gasteiger partial charge in [0.15, 0.2) is 0 Å². The van der Waals surface area contributed by atoms with Gasteiger partial charge in [-0.25, -0.2) is 0 Å². The van der Waals surface area contributed by atoms with E-state index in [9.17, 15) is 4.79 Å². The lowest BCUT2D eigenvalue weighted by atomic mass is 10.0. The van der Waals surface area contributed by atoms with Gasteiger partial charge in [-0.05, 0) is 33.6 Å². The van der Waals surface area contributed by atoms with E-state index in [0.29, 0.717) is 0 Å². The first-order valence-corrected chi connectivity index (χ1v) is 6.17. The molecule has 0 aromatic carbocycles. The van der Waals surface area contributed by atoms with Gasteiger partial charge in [0.25, 0.3) is 0 Å². The molecule has 16 heavy (non-hydrogen) atoms. The van der Waals surface area contributed by atoms with E-state index in [1.54, 1.807) is 0 Å². The molecule has 0 spiro atoms. The largest absolute Gasteiger partial charge is 0.350 e. The maximum Gasteiger partial charge on any atom is 0.237 e. The molecular weight excluding hydrogens is 202 g/mol. The van der Waals surface area contributed by atoms with Crippen LogP contribution in [-0.2, 0) is 4.79 Å². The Hall–Kier alpha value is -0.610. The van der Waals surface area contributed by atoms with Gasteiger partial charge >= 0.3 is 0 Å². The first kappa shape index (κ1) is 13.5. The van der Waals surface area contributed by atoms with Crippen molar-refractivity contribution in [1.82, 2.24) is 10.2 Å². The van der Waals surface area contributed by atoms with Crippen LogP contribution < -0.4 is 11.1 Å². The maximum atomic E-state index is 12.0. The second-order valence-corrected chi connectivity index (χ2v) is 5.45. The van der Waals surface area contributed by atoms with Crippen LogP contribution in [0, 0.1) is 0 Å². The first-order chi connectivity index (χ1) is 7.35. The summed E-state index contributed by atoms with van der Waals surface area (Å²) in [6.45, 7) is 9.90. The number of carbonyl (C=O) groups is 1. The molecule has 0 aromatic heterocycles. The lowest BCUT2D eigenvalue weighted by Crippen LogP contribution is -2.51. The highest BCUT2D eigenvalue weighted by Gasteiger charge is 2.29. The van der Waals surface area contributed by atoms with E-state index >= 15 is 0 Å². The van der Waals surface area contributed by atoms with Crippen LogP contribution in [0.25, 0.3) is 0 Å². The van der Waals surface area contributed by atoms with Gasteiger partial charge in [0, 0.05) is 24.7 Å². The van der Waals surface area contributed by atoms with Crippen molar-refractivity contribution in [2.24, 2.45) is 5.73 Å². The fourth-order valence-corrected chi connectivity index (χ4v) is 1.86. The predicted octanol–water partition coefficient (Wildman–Crippen LogP) is 0.713. The maximum absolute atomic E-state index is 12.0. The van der Waals surface area contributed by atoms with Crippen LogP contribution in [0.3, 0.4) is 0 Å². The van der Waals surface area contributed by atoms with Crippen molar-refractivity contribution in [2.45, 2.75) is 58.2 Å². The third-order valence-corrected chi connectivity index (χ3v) is 3.53. The molecule has 0 radical (unpaired) electrons. The minimum absolute atomic E-state index is 0.0700. The van der Waals surface area contributed by atoms with E-state index in [0.717, 1.165) is 25.9 Å². The van der Waals surface area contributed by atoms with Crippen LogP contribution in [0.5, 0.6) is 0 Å². The summed E-state index contributed by atoms with van der Waals surface area (Å²) in [5, 5.41) is 3.08. The van der Waals surface area contributed by atoms with Gasteiger partial charge in [-0.15, -0.1) is 0 Å². The smallest absolute Gasteiger partial charge is 0.237 e. The summed E-state index contributed by atoms with van der Waals surface area (Å²) in [6, 6.07) is 0.161. The Morgan fingerprint density at radius 1 is 1.62 bits per heavy atom. The second kappa shape index (κ2) is 5.15. The molecular formula is C12H25N3O. The zero-order valence-electron chi connectivity index (χ0n) is 10.9. The summed E-state index contributed by atoms with van der Waals surface area (Å²) in [4.78, 5) is 14.2. The van der Waals surface area contributed by atoms with Crippen LogP contribution in [0.2, 0.25) is 0 Å². The number of nitrogens with one attached hydrogen (secondary N) is 1. The van der Waals surface area contributed by atoms with Crippen molar-refractivity contribution < 1.29 is 4.79 Å².